The molecular formula is C17H18F3N3. The molecule has 23 heavy (non-hydrogen) atoms. The second-order valence-electron chi connectivity index (χ2n) is 5.32. The smallest absolute Gasteiger partial charge is 0.370 e. The van der Waals surface area contributed by atoms with Gasteiger partial charge < -0.3 is 11.1 Å². The van der Waals surface area contributed by atoms with E-state index in [2.05, 4.69) is 10.3 Å². The first-order valence-corrected chi connectivity index (χ1v) is 7.06. The maximum absolute atomic E-state index is 12.5. The van der Waals surface area contributed by atoms with Gasteiger partial charge in [0, 0.05) is 5.69 Å². The van der Waals surface area contributed by atoms with E-state index in [0.717, 1.165) is 23.4 Å². The summed E-state index contributed by atoms with van der Waals surface area (Å²) in [6.07, 6.45) is -4.33. The molecule has 0 bridgehead atoms. The van der Waals surface area contributed by atoms with E-state index in [4.69, 9.17) is 5.73 Å². The minimum absolute atomic E-state index is 0.210. The van der Waals surface area contributed by atoms with Crippen molar-refractivity contribution in [3.8, 4) is 0 Å². The third-order valence-corrected chi connectivity index (χ3v) is 3.49. The lowest BCUT2D eigenvalue weighted by atomic mass is 10.1. The number of nitrogens with zero attached hydrogens (tertiary/aromatic N) is 1. The number of benzene rings is 2. The maximum Gasteiger partial charge on any atom is 0.416 e. The molecule has 0 aromatic heterocycles. The number of hydrogen-bond acceptors (Lipinski definition) is 1. The fourth-order valence-corrected chi connectivity index (χ4v) is 1.98. The molecule has 0 radical (unpaired) electrons. The lowest BCUT2D eigenvalue weighted by molar-refractivity contribution is -0.137. The van der Waals surface area contributed by atoms with Crippen LogP contribution in [-0.4, -0.2) is 5.96 Å². The number of nitrogens with one attached hydrogen (secondary N) is 1. The van der Waals surface area contributed by atoms with E-state index in [1.54, 1.807) is 0 Å². The highest BCUT2D eigenvalue weighted by Crippen LogP contribution is 2.29. The average Bonchev–Trinajstić information content (AvgIpc) is 2.48. The van der Waals surface area contributed by atoms with Crippen LogP contribution in [0.5, 0.6) is 0 Å². The van der Waals surface area contributed by atoms with Crippen LogP contribution < -0.4 is 11.1 Å². The van der Waals surface area contributed by atoms with Crippen LogP contribution in [0.2, 0.25) is 0 Å². The number of aryl methyl sites for hydroxylation is 2. The van der Waals surface area contributed by atoms with E-state index in [1.807, 2.05) is 32.0 Å². The van der Waals surface area contributed by atoms with Gasteiger partial charge in [-0.05, 0) is 54.8 Å². The van der Waals surface area contributed by atoms with Crippen molar-refractivity contribution >= 4 is 11.6 Å². The number of alkyl halides is 3. The van der Waals surface area contributed by atoms with Crippen molar-refractivity contribution in [2.24, 2.45) is 10.7 Å². The summed E-state index contributed by atoms with van der Waals surface area (Å²) >= 11 is 0. The highest BCUT2D eigenvalue weighted by atomic mass is 19.4. The quantitative estimate of drug-likeness (QED) is 0.656. The molecule has 2 rings (SSSR count). The zero-order valence-corrected chi connectivity index (χ0v) is 12.9. The van der Waals surface area contributed by atoms with Gasteiger partial charge in [-0.1, -0.05) is 18.2 Å². The monoisotopic (exact) mass is 321 g/mol. The molecule has 0 heterocycles. The summed E-state index contributed by atoms with van der Waals surface area (Å²) in [6.45, 7) is 4.22. The van der Waals surface area contributed by atoms with Gasteiger partial charge >= 0.3 is 6.18 Å². The Labute approximate surface area is 133 Å². The minimum atomic E-state index is -4.33. The molecule has 3 N–H and O–H groups in total. The number of guanidine groups is 1. The Morgan fingerprint density at radius 3 is 2.26 bits per heavy atom. The summed E-state index contributed by atoms with van der Waals surface area (Å²) in [5.41, 5.74) is 8.91. The van der Waals surface area contributed by atoms with E-state index in [1.165, 1.54) is 17.7 Å². The van der Waals surface area contributed by atoms with Gasteiger partial charge in [0.25, 0.3) is 0 Å². The van der Waals surface area contributed by atoms with Crippen molar-refractivity contribution in [2.75, 3.05) is 5.32 Å². The van der Waals surface area contributed by atoms with Gasteiger partial charge in [-0.25, -0.2) is 4.99 Å². The van der Waals surface area contributed by atoms with Gasteiger partial charge in [0.05, 0.1) is 12.1 Å². The Balaban J connectivity index is 2.00. The Kier molecular flexibility index (Phi) is 4.93. The second kappa shape index (κ2) is 6.73. The Morgan fingerprint density at radius 2 is 1.70 bits per heavy atom. The average molecular weight is 321 g/mol. The zero-order chi connectivity index (χ0) is 17.0. The Morgan fingerprint density at radius 1 is 1.04 bits per heavy atom. The molecule has 3 nitrogen and oxygen atoms in total. The number of nitrogens with two attached hydrogens (primary N) is 1. The van der Waals surface area contributed by atoms with Gasteiger partial charge in [0.2, 0.25) is 0 Å². The molecule has 0 fully saturated rings. The second-order valence-corrected chi connectivity index (χ2v) is 5.32. The SMILES string of the molecule is Cc1ccc(NC(N)=NCc2ccc(C(F)(F)F)cc2)cc1C. The first kappa shape index (κ1) is 16.9. The molecule has 0 spiro atoms. The summed E-state index contributed by atoms with van der Waals surface area (Å²) in [5, 5.41) is 2.96. The molecule has 0 amide bonds. The molecular weight excluding hydrogens is 303 g/mol. The van der Waals surface area contributed by atoms with Gasteiger partial charge in [-0.3, -0.25) is 0 Å². The maximum atomic E-state index is 12.5. The van der Waals surface area contributed by atoms with Gasteiger partial charge in [0.15, 0.2) is 5.96 Å². The highest BCUT2D eigenvalue weighted by molar-refractivity contribution is 5.92. The van der Waals surface area contributed by atoms with Crippen LogP contribution in [0.1, 0.15) is 22.3 Å². The van der Waals surface area contributed by atoms with Crippen molar-refractivity contribution in [3.63, 3.8) is 0 Å². The predicted molar refractivity (Wildman–Crippen MR) is 86.3 cm³/mol. The molecule has 0 unspecified atom stereocenters. The molecule has 2 aromatic carbocycles. The minimum Gasteiger partial charge on any atom is -0.370 e. The molecule has 6 heteroatoms. The standard InChI is InChI=1S/C17H18F3N3/c1-11-3-8-15(9-12(11)2)23-16(21)22-10-13-4-6-14(7-5-13)17(18,19)20/h3-9H,10H2,1-2H3,(H3,21,22,23). The normalized spacial score (nSPS) is 12.3. The summed E-state index contributed by atoms with van der Waals surface area (Å²) in [5.74, 6) is 0.216. The molecule has 0 aliphatic rings. The predicted octanol–water partition coefficient (Wildman–Crippen LogP) is 4.25. The van der Waals surface area contributed by atoms with Crippen molar-refractivity contribution < 1.29 is 13.2 Å². The van der Waals surface area contributed by atoms with Gasteiger partial charge in [0.1, 0.15) is 0 Å². The zero-order valence-electron chi connectivity index (χ0n) is 12.9. The summed E-state index contributed by atoms with van der Waals surface area (Å²) in [4.78, 5) is 4.14. The first-order valence-electron chi connectivity index (χ1n) is 7.06. The lowest BCUT2D eigenvalue weighted by Crippen LogP contribution is -2.22. The van der Waals surface area contributed by atoms with Crippen molar-refractivity contribution in [3.05, 3.63) is 64.7 Å². The van der Waals surface area contributed by atoms with Crippen LogP contribution in [0.25, 0.3) is 0 Å². The summed E-state index contributed by atoms with van der Waals surface area (Å²) in [7, 11) is 0. The van der Waals surface area contributed by atoms with Gasteiger partial charge in [-0.15, -0.1) is 0 Å². The molecule has 2 aromatic rings. The van der Waals surface area contributed by atoms with Crippen molar-refractivity contribution in [2.45, 2.75) is 26.6 Å². The molecule has 0 saturated heterocycles. The van der Waals surface area contributed by atoms with E-state index in [-0.39, 0.29) is 12.5 Å². The molecule has 0 aliphatic carbocycles. The van der Waals surface area contributed by atoms with E-state index < -0.39 is 11.7 Å². The highest BCUT2D eigenvalue weighted by Gasteiger charge is 2.29. The Hall–Kier alpha value is -2.50. The largest absolute Gasteiger partial charge is 0.416 e. The van der Waals surface area contributed by atoms with E-state index in [9.17, 15) is 13.2 Å². The van der Waals surface area contributed by atoms with Crippen LogP contribution >= 0.6 is 0 Å². The van der Waals surface area contributed by atoms with Crippen molar-refractivity contribution in [1.82, 2.24) is 0 Å². The topological polar surface area (TPSA) is 50.4 Å². The fraction of sp³-hybridized carbons (Fsp3) is 0.235. The number of aliphatic imine (C=N–C) groups is 1. The van der Waals surface area contributed by atoms with Crippen LogP contribution in [-0.2, 0) is 12.7 Å². The van der Waals surface area contributed by atoms with E-state index in [0.29, 0.717) is 5.56 Å². The molecule has 0 aliphatic heterocycles. The Bertz CT molecular complexity index is 704. The van der Waals surface area contributed by atoms with Crippen molar-refractivity contribution in [1.29, 1.82) is 0 Å². The lowest BCUT2D eigenvalue weighted by Gasteiger charge is -2.09. The van der Waals surface area contributed by atoms with Crippen LogP contribution in [0.15, 0.2) is 47.5 Å². The third-order valence-electron chi connectivity index (χ3n) is 3.49. The number of hydrogen-bond donors (Lipinski definition) is 2. The van der Waals surface area contributed by atoms with Crippen LogP contribution in [0, 0.1) is 13.8 Å². The summed E-state index contributed by atoms with van der Waals surface area (Å²) < 4.78 is 37.4. The number of rotatable bonds is 3. The van der Waals surface area contributed by atoms with Crippen LogP contribution in [0.3, 0.4) is 0 Å². The molecule has 122 valence electrons. The van der Waals surface area contributed by atoms with E-state index >= 15 is 0 Å². The third kappa shape index (κ3) is 4.74. The molecule has 0 saturated carbocycles. The molecule has 0 atom stereocenters. The fourth-order valence-electron chi connectivity index (χ4n) is 1.98. The van der Waals surface area contributed by atoms with Gasteiger partial charge in [-0.2, -0.15) is 13.2 Å². The number of halogens is 3. The summed E-state index contributed by atoms with van der Waals surface area (Å²) in [6, 6.07) is 10.7. The van der Waals surface area contributed by atoms with Crippen LogP contribution in [0.4, 0.5) is 18.9 Å². The number of anilines is 1. The first-order chi connectivity index (χ1) is 10.8.